The Kier molecular flexibility index (Phi) is 9.33. The van der Waals surface area contributed by atoms with E-state index >= 15 is 0 Å². The Morgan fingerprint density at radius 3 is 2.35 bits per heavy atom. The van der Waals surface area contributed by atoms with E-state index in [1.54, 1.807) is 18.0 Å². The van der Waals surface area contributed by atoms with Crippen LogP contribution in [0, 0.1) is 12.1 Å². The van der Waals surface area contributed by atoms with Crippen LogP contribution < -0.4 is 9.92 Å². The Labute approximate surface area is 258 Å². The van der Waals surface area contributed by atoms with Gasteiger partial charge in [0.05, 0.1) is 18.7 Å². The van der Waals surface area contributed by atoms with Gasteiger partial charge in [0.25, 0.3) is 0 Å². The fourth-order valence-corrected chi connectivity index (χ4v) is 6.11. The summed E-state index contributed by atoms with van der Waals surface area (Å²) < 4.78 is 14.4. The molecule has 0 spiro atoms. The molecule has 3 heterocycles. The second kappa shape index (κ2) is 13.1. The Morgan fingerprint density at radius 1 is 0.850 bits per heavy atom. The molecule has 0 fully saturated rings. The average Bonchev–Trinajstić information content (AvgIpc) is 2.96. The number of para-hydroxylation sites is 1. The van der Waals surface area contributed by atoms with Crippen molar-refractivity contribution in [1.29, 1.82) is 0 Å². The molecule has 6 rings (SSSR count). The molecule has 0 aliphatic carbocycles. The number of ether oxygens (including phenoxy) is 1. The normalized spacial score (nSPS) is 12.4. The fraction of sp³-hybridized carbons (Fsp3) is 0.176. The molecular formula is C34H32IrN2OSSi-2. The van der Waals surface area contributed by atoms with Crippen molar-refractivity contribution in [3.05, 3.63) is 115 Å². The smallest absolute Gasteiger partial charge is 0.128 e. The quantitative estimate of drug-likeness (QED) is 0.134. The fourth-order valence-electron chi connectivity index (χ4n) is 4.11. The minimum absolute atomic E-state index is 0. The number of benzene rings is 3. The van der Waals surface area contributed by atoms with Crippen molar-refractivity contribution in [3.63, 3.8) is 0 Å². The number of nitrogens with zero attached hydrogens (tertiary/aromatic N) is 2. The van der Waals surface area contributed by atoms with Crippen LogP contribution in [0.3, 0.4) is 0 Å². The van der Waals surface area contributed by atoms with E-state index in [1.165, 1.54) is 5.19 Å². The van der Waals surface area contributed by atoms with Crippen LogP contribution >= 0.6 is 11.8 Å². The van der Waals surface area contributed by atoms with E-state index in [1.807, 2.05) is 86.8 Å². The summed E-state index contributed by atoms with van der Waals surface area (Å²) in [4.78, 5) is 11.2. The number of fused-ring (bicyclic) bond motifs is 2. The number of pyridine rings is 2. The molecule has 0 saturated carbocycles. The average molecular weight is 738 g/mol. The van der Waals surface area contributed by atoms with Crippen molar-refractivity contribution < 1.29 is 26.2 Å². The largest absolute Gasteiger partial charge is 0.499 e. The molecule has 2 aromatic heterocycles. The maximum Gasteiger partial charge on any atom is 0.128 e. The third-order valence-corrected chi connectivity index (χ3v) is 9.53. The maximum absolute atomic E-state index is 8.24. The third-order valence-electron chi connectivity index (χ3n) is 6.40. The molecule has 0 amide bonds. The van der Waals surface area contributed by atoms with Gasteiger partial charge in [-0.2, -0.15) is 0 Å². The van der Waals surface area contributed by atoms with Gasteiger partial charge in [0, 0.05) is 33.9 Å². The van der Waals surface area contributed by atoms with Crippen LogP contribution in [0.25, 0.3) is 22.5 Å². The van der Waals surface area contributed by atoms with E-state index in [4.69, 9.17) is 6.11 Å². The van der Waals surface area contributed by atoms with Gasteiger partial charge in [-0.25, -0.2) is 0 Å². The monoisotopic (exact) mass is 738 g/mol. The maximum atomic E-state index is 8.24. The van der Waals surface area contributed by atoms with Crippen molar-refractivity contribution >= 4 is 25.0 Å². The van der Waals surface area contributed by atoms with Crippen LogP contribution in [0.5, 0.6) is 11.5 Å². The van der Waals surface area contributed by atoms with E-state index in [-0.39, 0.29) is 20.1 Å². The van der Waals surface area contributed by atoms with Crippen LogP contribution in [0.2, 0.25) is 19.6 Å². The van der Waals surface area contributed by atoms with Crippen molar-refractivity contribution in [2.45, 2.75) is 49.2 Å². The number of hydrogen-bond acceptors (Lipinski definition) is 4. The number of aromatic nitrogens is 2. The SMILES string of the molecule is C[Si](C)(C)c1ccc(-c2[c-]cccc2)nc1.[2H]C(C)(C)c1ccnc(-c2[c-]ccc3c2Oc2ccccc2S3)c1.[Ir]. The van der Waals surface area contributed by atoms with Gasteiger partial charge >= 0.3 is 0 Å². The van der Waals surface area contributed by atoms with Crippen LogP contribution in [-0.2, 0) is 20.1 Å². The Morgan fingerprint density at radius 2 is 1.65 bits per heavy atom. The standard InChI is InChI=1S/C20H16NOS.C14H16NSi.Ir/c1-13(2)14-10-11-21-16(12-14)15-6-5-9-19-20(15)22-17-7-3-4-8-18(17)23-19;1-16(2,3)13-9-10-14(15-11-13)12-7-5-4-6-8-12;/h3-5,7-13H,1-2H3;4-7,9-11H,1-3H3;/q2*-1;/i13D;;. The predicted octanol–water partition coefficient (Wildman–Crippen LogP) is 9.02. The van der Waals surface area contributed by atoms with Gasteiger partial charge in [-0.1, -0.05) is 74.9 Å². The Balaban J connectivity index is 0.000000200. The molecule has 5 aromatic rings. The Bertz CT molecular complexity index is 1620. The predicted molar refractivity (Wildman–Crippen MR) is 165 cm³/mol. The molecule has 0 saturated heterocycles. The van der Waals surface area contributed by atoms with Gasteiger partial charge < -0.3 is 14.7 Å². The van der Waals surface area contributed by atoms with Crippen molar-refractivity contribution in [2.24, 2.45) is 0 Å². The van der Waals surface area contributed by atoms with Crippen molar-refractivity contribution in [2.75, 3.05) is 0 Å². The summed E-state index contributed by atoms with van der Waals surface area (Å²) in [6.45, 7) is 10.7. The molecule has 1 radical (unpaired) electrons. The zero-order valence-corrected chi connectivity index (χ0v) is 27.5. The van der Waals surface area contributed by atoms with Crippen molar-refractivity contribution in [3.8, 4) is 34.0 Å². The second-order valence-corrected chi connectivity index (χ2v) is 16.7. The molecule has 205 valence electrons. The zero-order valence-electron chi connectivity index (χ0n) is 24.3. The summed E-state index contributed by atoms with van der Waals surface area (Å²) in [6, 6.07) is 34.5. The molecule has 1 aliphatic heterocycles. The van der Waals surface area contributed by atoms with Crippen LogP contribution in [0.15, 0.2) is 107 Å². The second-order valence-electron chi connectivity index (χ2n) is 10.6. The van der Waals surface area contributed by atoms with E-state index < -0.39 is 14.0 Å². The molecule has 0 N–H and O–H groups in total. The number of rotatable bonds is 4. The minimum atomic E-state index is -1.23. The van der Waals surface area contributed by atoms with E-state index in [0.717, 1.165) is 49.4 Å². The third kappa shape index (κ3) is 6.99. The van der Waals surface area contributed by atoms with Gasteiger partial charge in [0.1, 0.15) is 5.75 Å². The van der Waals surface area contributed by atoms with Gasteiger partial charge in [-0.05, 0) is 45.6 Å². The topological polar surface area (TPSA) is 35.0 Å². The summed E-state index contributed by atoms with van der Waals surface area (Å²) in [5, 5.41) is 1.40. The van der Waals surface area contributed by atoms with Crippen LogP contribution in [-0.4, -0.2) is 18.0 Å². The van der Waals surface area contributed by atoms with E-state index in [9.17, 15) is 0 Å². The Hall–Kier alpha value is -3.02. The summed E-state index contributed by atoms with van der Waals surface area (Å²) in [5.74, 6) is 0.968. The molecule has 6 heteroatoms. The van der Waals surface area contributed by atoms with Crippen LogP contribution in [0.4, 0.5) is 0 Å². The van der Waals surface area contributed by atoms with Crippen molar-refractivity contribution in [1.82, 2.24) is 9.97 Å². The minimum Gasteiger partial charge on any atom is -0.499 e. The van der Waals surface area contributed by atoms with E-state index in [0.29, 0.717) is 0 Å². The molecule has 0 atom stereocenters. The zero-order chi connectivity index (χ0) is 28.3. The van der Waals surface area contributed by atoms with Gasteiger partial charge in [0.15, 0.2) is 0 Å². The number of hydrogen-bond donors (Lipinski definition) is 0. The first kappa shape index (κ1) is 28.5. The molecular weight excluding hydrogens is 705 g/mol. The first-order valence-electron chi connectivity index (χ1n) is 13.5. The summed E-state index contributed by atoms with van der Waals surface area (Å²) >= 11 is 1.69. The first-order valence-corrected chi connectivity index (χ1v) is 17.3. The molecule has 0 bridgehead atoms. The molecule has 3 nitrogen and oxygen atoms in total. The molecule has 1 aliphatic rings. The summed E-state index contributed by atoms with van der Waals surface area (Å²) in [5.41, 5.74) is 4.60. The van der Waals surface area contributed by atoms with E-state index in [2.05, 4.69) is 59.9 Å². The first-order chi connectivity index (χ1) is 19.1. The summed E-state index contributed by atoms with van der Waals surface area (Å²) in [7, 11) is -1.23. The molecule has 40 heavy (non-hydrogen) atoms. The summed E-state index contributed by atoms with van der Waals surface area (Å²) in [6.07, 6.45) is 3.76. The van der Waals surface area contributed by atoms with Gasteiger partial charge in [0.2, 0.25) is 0 Å². The molecule has 0 unspecified atom stereocenters. The van der Waals surface area contributed by atoms with Crippen LogP contribution in [0.1, 0.15) is 26.7 Å². The van der Waals surface area contributed by atoms with Gasteiger partial charge in [-0.15, -0.1) is 65.9 Å². The van der Waals surface area contributed by atoms with Gasteiger partial charge in [-0.3, -0.25) is 0 Å². The molecule has 3 aromatic carbocycles.